The van der Waals surface area contributed by atoms with Crippen molar-refractivity contribution in [3.05, 3.63) is 11.1 Å². The van der Waals surface area contributed by atoms with Gasteiger partial charge in [0, 0.05) is 30.2 Å². The SMILES string of the molecule is CC(C)NCc1cnc(N2CCOC3CCCCC32)s1. The monoisotopic (exact) mass is 295 g/mol. The minimum atomic E-state index is 0.429. The molecule has 1 aromatic rings. The van der Waals surface area contributed by atoms with Crippen LogP contribution in [0, 0.1) is 0 Å². The van der Waals surface area contributed by atoms with Crippen molar-refractivity contribution in [2.45, 2.75) is 64.3 Å². The van der Waals surface area contributed by atoms with Crippen molar-refractivity contribution in [2.75, 3.05) is 18.1 Å². The Morgan fingerprint density at radius 2 is 2.30 bits per heavy atom. The molecule has 20 heavy (non-hydrogen) atoms. The number of anilines is 1. The van der Waals surface area contributed by atoms with Crippen molar-refractivity contribution >= 4 is 16.5 Å². The Bertz CT molecular complexity index is 433. The lowest BCUT2D eigenvalue weighted by Crippen LogP contribution is -2.52. The number of nitrogens with one attached hydrogen (secondary N) is 1. The second-order valence-electron chi connectivity index (χ2n) is 6.10. The van der Waals surface area contributed by atoms with Crippen LogP contribution in [0.3, 0.4) is 0 Å². The molecule has 112 valence electrons. The number of rotatable bonds is 4. The fourth-order valence-electron chi connectivity index (χ4n) is 3.15. The zero-order valence-corrected chi connectivity index (χ0v) is 13.3. The van der Waals surface area contributed by atoms with Crippen LogP contribution in [0.4, 0.5) is 5.13 Å². The first-order valence-electron chi connectivity index (χ1n) is 7.80. The maximum atomic E-state index is 5.94. The lowest BCUT2D eigenvalue weighted by atomic mass is 9.90. The molecule has 2 fully saturated rings. The highest BCUT2D eigenvalue weighted by atomic mass is 32.1. The lowest BCUT2D eigenvalue weighted by Gasteiger charge is -2.43. The van der Waals surface area contributed by atoms with Gasteiger partial charge >= 0.3 is 0 Å². The zero-order chi connectivity index (χ0) is 13.9. The average molecular weight is 295 g/mol. The highest BCUT2D eigenvalue weighted by molar-refractivity contribution is 7.15. The highest BCUT2D eigenvalue weighted by Crippen LogP contribution is 2.33. The molecule has 5 heteroatoms. The molecule has 2 heterocycles. The number of fused-ring (bicyclic) bond motifs is 1. The summed E-state index contributed by atoms with van der Waals surface area (Å²) in [5.41, 5.74) is 0. The molecule has 3 rings (SSSR count). The summed E-state index contributed by atoms with van der Waals surface area (Å²) in [5.74, 6) is 0. The summed E-state index contributed by atoms with van der Waals surface area (Å²) in [5, 5.41) is 4.65. The normalized spacial score (nSPS) is 26.9. The van der Waals surface area contributed by atoms with Crippen LogP contribution in [-0.4, -0.2) is 36.3 Å². The van der Waals surface area contributed by atoms with Crippen LogP contribution in [0.25, 0.3) is 0 Å². The Morgan fingerprint density at radius 1 is 1.45 bits per heavy atom. The fraction of sp³-hybridized carbons (Fsp3) is 0.800. The molecular formula is C15H25N3OS. The van der Waals surface area contributed by atoms with Gasteiger partial charge in [-0.05, 0) is 12.8 Å². The van der Waals surface area contributed by atoms with E-state index in [0.717, 1.165) is 19.7 Å². The van der Waals surface area contributed by atoms with E-state index in [2.05, 4.69) is 29.0 Å². The molecule has 1 aromatic heterocycles. The largest absolute Gasteiger partial charge is 0.374 e. The number of ether oxygens (including phenoxy) is 1. The molecular weight excluding hydrogens is 270 g/mol. The third kappa shape index (κ3) is 3.15. The van der Waals surface area contributed by atoms with E-state index in [4.69, 9.17) is 4.74 Å². The van der Waals surface area contributed by atoms with E-state index < -0.39 is 0 Å². The molecule has 4 nitrogen and oxygen atoms in total. The summed E-state index contributed by atoms with van der Waals surface area (Å²) >= 11 is 1.83. The first-order valence-corrected chi connectivity index (χ1v) is 8.62. The fourth-order valence-corrected chi connectivity index (χ4v) is 4.10. The van der Waals surface area contributed by atoms with Crippen molar-refractivity contribution in [2.24, 2.45) is 0 Å². The summed E-state index contributed by atoms with van der Waals surface area (Å²) in [6.45, 7) is 7.12. The van der Waals surface area contributed by atoms with Gasteiger partial charge in [0.05, 0.1) is 18.8 Å². The van der Waals surface area contributed by atoms with Gasteiger partial charge in [-0.2, -0.15) is 0 Å². The maximum absolute atomic E-state index is 5.94. The second-order valence-corrected chi connectivity index (χ2v) is 7.19. The van der Waals surface area contributed by atoms with E-state index in [1.165, 1.54) is 35.7 Å². The summed E-state index contributed by atoms with van der Waals surface area (Å²) < 4.78 is 5.94. The molecule has 2 unspecified atom stereocenters. The standard InChI is InChI=1S/C15H25N3OS/c1-11(2)16-9-12-10-17-15(20-12)18-7-8-19-14-6-4-3-5-13(14)18/h10-11,13-14,16H,3-9H2,1-2H3. The van der Waals surface area contributed by atoms with Gasteiger partial charge in [-0.3, -0.25) is 0 Å². The molecule has 1 N–H and O–H groups in total. The van der Waals surface area contributed by atoms with Crippen LogP contribution >= 0.6 is 11.3 Å². The predicted molar refractivity (Wildman–Crippen MR) is 83.4 cm³/mol. The number of hydrogen-bond acceptors (Lipinski definition) is 5. The van der Waals surface area contributed by atoms with Crippen molar-refractivity contribution in [3.63, 3.8) is 0 Å². The molecule has 1 saturated carbocycles. The Hall–Kier alpha value is -0.650. The van der Waals surface area contributed by atoms with Gasteiger partial charge in [0.15, 0.2) is 5.13 Å². The van der Waals surface area contributed by atoms with E-state index in [1.807, 2.05) is 17.5 Å². The number of thiazole rings is 1. The van der Waals surface area contributed by atoms with Crippen molar-refractivity contribution in [1.29, 1.82) is 0 Å². The highest BCUT2D eigenvalue weighted by Gasteiger charge is 2.35. The van der Waals surface area contributed by atoms with E-state index in [0.29, 0.717) is 18.2 Å². The van der Waals surface area contributed by atoms with E-state index in [1.54, 1.807) is 0 Å². The smallest absolute Gasteiger partial charge is 0.185 e. The summed E-state index contributed by atoms with van der Waals surface area (Å²) in [4.78, 5) is 8.48. The van der Waals surface area contributed by atoms with Crippen molar-refractivity contribution < 1.29 is 4.74 Å². The molecule has 0 radical (unpaired) electrons. The number of morpholine rings is 1. The van der Waals surface area contributed by atoms with Crippen LogP contribution in [0.15, 0.2) is 6.20 Å². The quantitative estimate of drug-likeness (QED) is 0.927. The third-order valence-corrected chi connectivity index (χ3v) is 5.24. The molecule has 0 spiro atoms. The predicted octanol–water partition coefficient (Wildman–Crippen LogP) is 2.79. The maximum Gasteiger partial charge on any atom is 0.185 e. The molecule has 0 aromatic carbocycles. The third-order valence-electron chi connectivity index (χ3n) is 4.20. The second kappa shape index (κ2) is 6.41. The molecule has 2 atom stereocenters. The minimum absolute atomic E-state index is 0.429. The summed E-state index contributed by atoms with van der Waals surface area (Å²) in [6.07, 6.45) is 7.57. The van der Waals surface area contributed by atoms with Crippen molar-refractivity contribution in [3.8, 4) is 0 Å². The van der Waals surface area contributed by atoms with Crippen LogP contribution in [0.1, 0.15) is 44.4 Å². The zero-order valence-electron chi connectivity index (χ0n) is 12.5. The lowest BCUT2D eigenvalue weighted by molar-refractivity contribution is -0.00868. The van der Waals surface area contributed by atoms with Gasteiger partial charge in [0.25, 0.3) is 0 Å². The van der Waals surface area contributed by atoms with E-state index in [9.17, 15) is 0 Å². The molecule has 1 aliphatic carbocycles. The Morgan fingerprint density at radius 3 is 3.15 bits per heavy atom. The topological polar surface area (TPSA) is 37.4 Å². The minimum Gasteiger partial charge on any atom is -0.374 e. The van der Waals surface area contributed by atoms with Crippen LogP contribution < -0.4 is 10.2 Å². The van der Waals surface area contributed by atoms with E-state index >= 15 is 0 Å². The van der Waals surface area contributed by atoms with Gasteiger partial charge in [-0.25, -0.2) is 4.98 Å². The van der Waals surface area contributed by atoms with Gasteiger partial charge in [0.2, 0.25) is 0 Å². The van der Waals surface area contributed by atoms with Crippen LogP contribution in [0.2, 0.25) is 0 Å². The summed E-state index contributed by atoms with van der Waals surface area (Å²) in [7, 11) is 0. The van der Waals surface area contributed by atoms with Gasteiger partial charge < -0.3 is 15.0 Å². The van der Waals surface area contributed by atoms with Gasteiger partial charge in [0.1, 0.15) is 0 Å². The number of hydrogen-bond donors (Lipinski definition) is 1. The average Bonchev–Trinajstić information content (AvgIpc) is 2.93. The number of nitrogens with zero attached hydrogens (tertiary/aromatic N) is 2. The molecule has 0 amide bonds. The first-order chi connectivity index (χ1) is 9.74. The number of aromatic nitrogens is 1. The Labute approximate surface area is 125 Å². The molecule has 0 bridgehead atoms. The first kappa shape index (κ1) is 14.3. The Balaban J connectivity index is 1.68. The van der Waals surface area contributed by atoms with Gasteiger partial charge in [-0.1, -0.05) is 26.7 Å². The van der Waals surface area contributed by atoms with Crippen LogP contribution in [0.5, 0.6) is 0 Å². The van der Waals surface area contributed by atoms with E-state index in [-0.39, 0.29) is 0 Å². The Kier molecular flexibility index (Phi) is 4.58. The van der Waals surface area contributed by atoms with Gasteiger partial charge in [-0.15, -0.1) is 11.3 Å². The molecule has 1 aliphatic heterocycles. The van der Waals surface area contributed by atoms with Crippen molar-refractivity contribution in [1.82, 2.24) is 10.3 Å². The summed E-state index contributed by atoms with van der Waals surface area (Å²) in [6, 6.07) is 1.07. The molecule has 2 aliphatic rings. The van der Waals surface area contributed by atoms with Crippen LogP contribution in [-0.2, 0) is 11.3 Å². The molecule has 1 saturated heterocycles.